The second kappa shape index (κ2) is 4.52. The Morgan fingerprint density at radius 3 is 3.00 bits per heavy atom. The molecule has 0 saturated carbocycles. The minimum Gasteiger partial charge on any atom is -0.481 e. The number of nitrogens with zero attached hydrogens (tertiary/aromatic N) is 1. The first-order valence-electron chi connectivity index (χ1n) is 3.19. The minimum atomic E-state index is -2.51. The second-order valence-corrected chi connectivity index (χ2v) is 4.15. The number of hydrogen-bond acceptors (Lipinski definition) is 4. The van der Waals surface area contributed by atoms with Gasteiger partial charge in [0.25, 0.3) is 5.76 Å². The van der Waals surface area contributed by atoms with E-state index in [4.69, 9.17) is 5.11 Å². The number of thiazole rings is 1. The predicted octanol–water partition coefficient (Wildman–Crippen LogP) is 2.08. The van der Waals surface area contributed by atoms with E-state index in [1.165, 1.54) is 5.38 Å². The highest BCUT2D eigenvalue weighted by Crippen LogP contribution is 2.28. The van der Waals surface area contributed by atoms with E-state index in [-0.39, 0.29) is 10.8 Å². The van der Waals surface area contributed by atoms with Crippen LogP contribution < -0.4 is 0 Å². The highest BCUT2D eigenvalue weighted by molar-refractivity contribution is 8.01. The van der Waals surface area contributed by atoms with Gasteiger partial charge in [-0.05, 0) is 11.8 Å². The fourth-order valence-corrected chi connectivity index (χ4v) is 2.10. The zero-order chi connectivity index (χ0) is 9.84. The van der Waals surface area contributed by atoms with Crippen LogP contribution in [0.25, 0.3) is 0 Å². The third-order valence-electron chi connectivity index (χ3n) is 1.05. The SMILES string of the molecule is O=C(O)Cc1csc(SC(F)F)n1. The summed E-state index contributed by atoms with van der Waals surface area (Å²) in [6, 6.07) is 0. The molecule has 1 N–H and O–H groups in total. The first-order valence-corrected chi connectivity index (χ1v) is 4.95. The fourth-order valence-electron chi connectivity index (χ4n) is 0.655. The normalized spacial score (nSPS) is 10.7. The summed E-state index contributed by atoms with van der Waals surface area (Å²) < 4.78 is 23.8. The molecule has 72 valence electrons. The summed E-state index contributed by atoms with van der Waals surface area (Å²) >= 11 is 1.36. The van der Waals surface area contributed by atoms with Gasteiger partial charge in [0.1, 0.15) is 0 Å². The summed E-state index contributed by atoms with van der Waals surface area (Å²) in [4.78, 5) is 13.9. The largest absolute Gasteiger partial charge is 0.481 e. The number of carbonyl (C=O) groups is 1. The lowest BCUT2D eigenvalue weighted by molar-refractivity contribution is -0.136. The van der Waals surface area contributed by atoms with Crippen LogP contribution in [0.15, 0.2) is 9.72 Å². The van der Waals surface area contributed by atoms with Crippen LogP contribution in [-0.2, 0) is 11.2 Å². The van der Waals surface area contributed by atoms with Crippen molar-refractivity contribution in [2.24, 2.45) is 0 Å². The summed E-state index contributed by atoms with van der Waals surface area (Å²) in [5, 5.41) is 9.84. The van der Waals surface area contributed by atoms with E-state index in [9.17, 15) is 13.6 Å². The number of alkyl halides is 2. The van der Waals surface area contributed by atoms with Crippen LogP contribution >= 0.6 is 23.1 Å². The Kier molecular flexibility index (Phi) is 3.61. The van der Waals surface area contributed by atoms with Gasteiger partial charge in [0, 0.05) is 5.38 Å². The molecule has 0 amide bonds. The summed E-state index contributed by atoms with van der Waals surface area (Å²) in [5.74, 6) is -3.53. The smallest absolute Gasteiger partial charge is 0.309 e. The van der Waals surface area contributed by atoms with Crippen LogP contribution in [0, 0.1) is 0 Å². The molecule has 7 heteroatoms. The maximum absolute atomic E-state index is 11.8. The molecule has 1 heterocycles. The number of thioether (sulfide) groups is 1. The van der Waals surface area contributed by atoms with Gasteiger partial charge < -0.3 is 5.11 Å². The molecule has 1 rings (SSSR count). The molecule has 0 aliphatic heterocycles. The van der Waals surface area contributed by atoms with Gasteiger partial charge in [-0.2, -0.15) is 8.78 Å². The fraction of sp³-hybridized carbons (Fsp3) is 0.333. The lowest BCUT2D eigenvalue weighted by Crippen LogP contribution is -1.99. The van der Waals surface area contributed by atoms with Crippen molar-refractivity contribution in [1.29, 1.82) is 0 Å². The van der Waals surface area contributed by atoms with Crippen LogP contribution in [0.4, 0.5) is 8.78 Å². The van der Waals surface area contributed by atoms with Crippen LogP contribution in [0.2, 0.25) is 0 Å². The molecule has 0 bridgehead atoms. The van der Waals surface area contributed by atoms with Crippen molar-refractivity contribution < 1.29 is 18.7 Å². The van der Waals surface area contributed by atoms with Crippen molar-refractivity contribution in [3.05, 3.63) is 11.1 Å². The highest BCUT2D eigenvalue weighted by atomic mass is 32.2. The molecule has 0 aliphatic carbocycles. The standard InChI is InChI=1S/C6H5F2NO2S2/c7-5(8)13-6-9-3(2-12-6)1-4(10)11/h2,5H,1H2,(H,10,11). The van der Waals surface area contributed by atoms with Crippen molar-refractivity contribution in [2.45, 2.75) is 16.5 Å². The van der Waals surface area contributed by atoms with E-state index < -0.39 is 11.7 Å². The van der Waals surface area contributed by atoms with Crippen molar-refractivity contribution in [2.75, 3.05) is 0 Å². The van der Waals surface area contributed by atoms with Crippen LogP contribution in [-0.4, -0.2) is 21.8 Å². The maximum atomic E-state index is 11.8. The van der Waals surface area contributed by atoms with Gasteiger partial charge in [-0.25, -0.2) is 4.98 Å². The molecule has 0 atom stereocenters. The Bertz CT molecular complexity index is 303. The maximum Gasteiger partial charge on any atom is 0.309 e. The van der Waals surface area contributed by atoms with Gasteiger partial charge in [-0.15, -0.1) is 11.3 Å². The number of carboxylic acid groups (broad SMARTS) is 1. The Labute approximate surface area is 80.8 Å². The third kappa shape index (κ3) is 3.69. The number of aromatic nitrogens is 1. The number of hydrogen-bond donors (Lipinski definition) is 1. The molecule has 0 radical (unpaired) electrons. The van der Waals surface area contributed by atoms with E-state index >= 15 is 0 Å². The predicted molar refractivity (Wildman–Crippen MR) is 45.3 cm³/mol. The van der Waals surface area contributed by atoms with Crippen LogP contribution in [0.5, 0.6) is 0 Å². The quantitative estimate of drug-likeness (QED) is 0.797. The number of aliphatic carboxylic acids is 1. The van der Waals surface area contributed by atoms with Crippen molar-refractivity contribution in [3.8, 4) is 0 Å². The van der Waals surface area contributed by atoms with Crippen molar-refractivity contribution in [1.82, 2.24) is 4.98 Å². The van der Waals surface area contributed by atoms with E-state index in [1.807, 2.05) is 0 Å². The second-order valence-electron chi connectivity index (χ2n) is 2.05. The molecule has 0 spiro atoms. The molecule has 1 aromatic rings. The summed E-state index contributed by atoms with van der Waals surface area (Å²) in [6.45, 7) is 0. The van der Waals surface area contributed by atoms with Gasteiger partial charge in [-0.3, -0.25) is 4.79 Å². The summed E-state index contributed by atoms with van der Waals surface area (Å²) in [6.07, 6.45) is -0.222. The lowest BCUT2D eigenvalue weighted by atomic mass is 10.3. The van der Waals surface area contributed by atoms with Gasteiger partial charge in [0.2, 0.25) is 0 Å². The van der Waals surface area contributed by atoms with Crippen molar-refractivity contribution >= 4 is 29.1 Å². The molecule has 13 heavy (non-hydrogen) atoms. The Morgan fingerprint density at radius 2 is 2.46 bits per heavy atom. The highest BCUT2D eigenvalue weighted by Gasteiger charge is 2.10. The Morgan fingerprint density at radius 1 is 1.77 bits per heavy atom. The van der Waals surface area contributed by atoms with Gasteiger partial charge in [0.15, 0.2) is 4.34 Å². The number of rotatable bonds is 4. The molecular weight excluding hydrogens is 220 g/mol. The van der Waals surface area contributed by atoms with Crippen LogP contribution in [0.1, 0.15) is 5.69 Å². The third-order valence-corrected chi connectivity index (χ3v) is 2.78. The molecule has 0 saturated heterocycles. The molecule has 0 unspecified atom stereocenters. The zero-order valence-corrected chi connectivity index (χ0v) is 7.87. The minimum absolute atomic E-state index is 0.200. The van der Waals surface area contributed by atoms with E-state index in [1.54, 1.807) is 0 Å². The average Bonchev–Trinajstić information content (AvgIpc) is 2.33. The van der Waals surface area contributed by atoms with Crippen LogP contribution in [0.3, 0.4) is 0 Å². The monoisotopic (exact) mass is 225 g/mol. The molecule has 0 aliphatic rings. The summed E-state index contributed by atoms with van der Waals surface area (Å²) in [5.41, 5.74) is 0.320. The first-order chi connectivity index (χ1) is 6.08. The van der Waals surface area contributed by atoms with E-state index in [0.717, 1.165) is 11.3 Å². The first kappa shape index (κ1) is 10.4. The molecule has 1 aromatic heterocycles. The number of carboxylic acids is 1. The van der Waals surface area contributed by atoms with Gasteiger partial charge in [0.05, 0.1) is 12.1 Å². The molecular formula is C6H5F2NO2S2. The van der Waals surface area contributed by atoms with Crippen molar-refractivity contribution in [3.63, 3.8) is 0 Å². The molecule has 0 aromatic carbocycles. The molecule has 0 fully saturated rings. The van der Waals surface area contributed by atoms with Gasteiger partial charge in [-0.1, -0.05) is 0 Å². The summed E-state index contributed by atoms with van der Waals surface area (Å²) in [7, 11) is 0. The number of halogens is 2. The van der Waals surface area contributed by atoms with E-state index in [0.29, 0.717) is 17.5 Å². The Balaban J connectivity index is 2.58. The topological polar surface area (TPSA) is 50.2 Å². The van der Waals surface area contributed by atoms with E-state index in [2.05, 4.69) is 4.98 Å². The average molecular weight is 225 g/mol. The zero-order valence-electron chi connectivity index (χ0n) is 6.24. The lowest BCUT2D eigenvalue weighted by Gasteiger charge is -1.91. The Hall–Kier alpha value is -0.690. The molecule has 3 nitrogen and oxygen atoms in total. The van der Waals surface area contributed by atoms with Gasteiger partial charge >= 0.3 is 5.97 Å².